The van der Waals surface area contributed by atoms with Crippen LogP contribution in [0.15, 0.2) is 30.3 Å². The van der Waals surface area contributed by atoms with E-state index in [0.717, 1.165) is 19.3 Å². The molecule has 1 aromatic carbocycles. The standard InChI is InChI=1S/C18H20O4/c19-16(12-5-2-1-3-6-12)11-22-18(21)15-9-13-7-4-8-14(10-15)17(13)20/h1-3,5-6,13-15H,4,7-11H2. The fourth-order valence-electron chi connectivity index (χ4n) is 3.63. The van der Waals surface area contributed by atoms with E-state index >= 15 is 0 Å². The Labute approximate surface area is 129 Å². The summed E-state index contributed by atoms with van der Waals surface area (Å²) in [5.74, 6) is -0.369. The molecule has 3 rings (SSSR count). The summed E-state index contributed by atoms with van der Waals surface area (Å²) in [4.78, 5) is 36.2. The van der Waals surface area contributed by atoms with E-state index in [-0.39, 0.29) is 36.1 Å². The van der Waals surface area contributed by atoms with Crippen LogP contribution in [0, 0.1) is 17.8 Å². The first kappa shape index (κ1) is 14.9. The molecule has 2 fully saturated rings. The van der Waals surface area contributed by atoms with Crippen molar-refractivity contribution in [2.75, 3.05) is 6.61 Å². The Bertz CT molecular complexity index is 562. The summed E-state index contributed by atoms with van der Waals surface area (Å²) in [5, 5.41) is 0. The van der Waals surface area contributed by atoms with Gasteiger partial charge in [-0.3, -0.25) is 14.4 Å². The first-order chi connectivity index (χ1) is 10.6. The summed E-state index contributed by atoms with van der Waals surface area (Å²) in [5.41, 5.74) is 0.547. The molecule has 4 nitrogen and oxygen atoms in total. The minimum Gasteiger partial charge on any atom is -0.457 e. The van der Waals surface area contributed by atoms with E-state index in [1.165, 1.54) is 0 Å². The van der Waals surface area contributed by atoms with Crippen molar-refractivity contribution in [2.45, 2.75) is 32.1 Å². The Morgan fingerprint density at radius 3 is 2.32 bits per heavy atom. The maximum Gasteiger partial charge on any atom is 0.309 e. The molecule has 2 unspecified atom stereocenters. The van der Waals surface area contributed by atoms with Gasteiger partial charge < -0.3 is 4.74 Å². The van der Waals surface area contributed by atoms with Crippen LogP contribution in [0.4, 0.5) is 0 Å². The highest BCUT2D eigenvalue weighted by molar-refractivity contribution is 5.98. The van der Waals surface area contributed by atoms with Gasteiger partial charge in [-0.25, -0.2) is 0 Å². The average Bonchev–Trinajstić information content (AvgIpc) is 2.53. The van der Waals surface area contributed by atoms with E-state index in [9.17, 15) is 14.4 Å². The predicted octanol–water partition coefficient (Wildman–Crippen LogP) is 2.81. The smallest absolute Gasteiger partial charge is 0.309 e. The third kappa shape index (κ3) is 3.11. The molecule has 0 spiro atoms. The van der Waals surface area contributed by atoms with Crippen LogP contribution in [-0.2, 0) is 14.3 Å². The molecule has 0 heterocycles. The van der Waals surface area contributed by atoms with E-state index in [2.05, 4.69) is 0 Å². The summed E-state index contributed by atoms with van der Waals surface area (Å²) in [6, 6.07) is 8.81. The monoisotopic (exact) mass is 300 g/mol. The van der Waals surface area contributed by atoms with Crippen LogP contribution in [0.5, 0.6) is 0 Å². The quantitative estimate of drug-likeness (QED) is 0.633. The second-order valence-corrected chi connectivity index (χ2v) is 6.29. The SMILES string of the molecule is O=C(COC(=O)C1CC2CCCC(C1)C2=O)c1ccccc1. The zero-order chi connectivity index (χ0) is 15.5. The van der Waals surface area contributed by atoms with Crippen molar-refractivity contribution in [3.05, 3.63) is 35.9 Å². The van der Waals surface area contributed by atoms with Gasteiger partial charge in [0.05, 0.1) is 5.92 Å². The van der Waals surface area contributed by atoms with E-state index in [1.54, 1.807) is 24.3 Å². The van der Waals surface area contributed by atoms with Crippen LogP contribution in [0.2, 0.25) is 0 Å². The second kappa shape index (κ2) is 6.42. The van der Waals surface area contributed by atoms with Crippen molar-refractivity contribution >= 4 is 17.5 Å². The van der Waals surface area contributed by atoms with Gasteiger partial charge in [-0.05, 0) is 25.7 Å². The van der Waals surface area contributed by atoms with Crippen LogP contribution in [0.25, 0.3) is 0 Å². The van der Waals surface area contributed by atoms with E-state index in [0.29, 0.717) is 24.2 Å². The molecule has 1 aromatic rings. The zero-order valence-electron chi connectivity index (χ0n) is 12.5. The van der Waals surface area contributed by atoms with Crippen molar-refractivity contribution in [2.24, 2.45) is 17.8 Å². The van der Waals surface area contributed by atoms with Crippen LogP contribution in [0.3, 0.4) is 0 Å². The number of ketones is 2. The number of Topliss-reactive ketones (excluding diaryl/α,β-unsaturated/α-hetero) is 2. The van der Waals surface area contributed by atoms with Gasteiger partial charge >= 0.3 is 5.97 Å². The Hall–Kier alpha value is -1.97. The Morgan fingerprint density at radius 2 is 1.68 bits per heavy atom. The van der Waals surface area contributed by atoms with Crippen molar-refractivity contribution in [3.63, 3.8) is 0 Å². The number of fused-ring (bicyclic) bond motifs is 2. The number of esters is 1. The number of hydrogen-bond donors (Lipinski definition) is 0. The molecule has 2 bridgehead atoms. The number of benzene rings is 1. The molecule has 22 heavy (non-hydrogen) atoms. The molecular weight excluding hydrogens is 280 g/mol. The van der Waals surface area contributed by atoms with Gasteiger partial charge in [0.1, 0.15) is 5.78 Å². The lowest BCUT2D eigenvalue weighted by atomic mass is 9.67. The van der Waals surface area contributed by atoms with Gasteiger partial charge in [0, 0.05) is 17.4 Å². The largest absolute Gasteiger partial charge is 0.457 e. The van der Waals surface area contributed by atoms with Crippen LogP contribution in [0.1, 0.15) is 42.5 Å². The molecule has 0 saturated heterocycles. The molecule has 2 atom stereocenters. The normalized spacial score (nSPS) is 27.3. The summed E-state index contributed by atoms with van der Waals surface area (Å²) < 4.78 is 5.20. The molecule has 4 heteroatoms. The Morgan fingerprint density at radius 1 is 1.05 bits per heavy atom. The fraction of sp³-hybridized carbons (Fsp3) is 0.500. The summed E-state index contributed by atoms with van der Waals surface area (Å²) in [7, 11) is 0. The molecule has 0 N–H and O–H groups in total. The van der Waals surface area contributed by atoms with Crippen LogP contribution in [-0.4, -0.2) is 24.1 Å². The molecule has 2 aliphatic carbocycles. The molecule has 0 aliphatic heterocycles. The number of carbonyl (C=O) groups excluding carboxylic acids is 3. The Balaban J connectivity index is 1.54. The third-order valence-electron chi connectivity index (χ3n) is 4.82. The highest BCUT2D eigenvalue weighted by atomic mass is 16.5. The fourth-order valence-corrected chi connectivity index (χ4v) is 3.63. The maximum absolute atomic E-state index is 12.2. The number of carbonyl (C=O) groups is 3. The van der Waals surface area contributed by atoms with Crippen molar-refractivity contribution in [1.82, 2.24) is 0 Å². The molecule has 0 radical (unpaired) electrons. The van der Waals surface area contributed by atoms with Gasteiger partial charge in [-0.2, -0.15) is 0 Å². The van der Waals surface area contributed by atoms with E-state index in [4.69, 9.17) is 4.74 Å². The predicted molar refractivity (Wildman–Crippen MR) is 80.3 cm³/mol. The third-order valence-corrected chi connectivity index (χ3v) is 4.82. The summed E-state index contributed by atoms with van der Waals surface area (Å²) in [6.45, 7) is -0.220. The van der Waals surface area contributed by atoms with Gasteiger partial charge in [0.15, 0.2) is 12.4 Å². The molecule has 0 aromatic heterocycles. The molecular formula is C18H20O4. The minimum absolute atomic E-state index is 0.0230. The van der Waals surface area contributed by atoms with Gasteiger partial charge in [-0.15, -0.1) is 0 Å². The second-order valence-electron chi connectivity index (χ2n) is 6.29. The number of rotatable bonds is 4. The summed E-state index contributed by atoms with van der Waals surface area (Å²) >= 11 is 0. The molecule has 0 amide bonds. The lowest BCUT2D eigenvalue weighted by Crippen LogP contribution is -2.39. The van der Waals surface area contributed by atoms with Gasteiger partial charge in [-0.1, -0.05) is 36.8 Å². The van der Waals surface area contributed by atoms with Crippen molar-refractivity contribution in [3.8, 4) is 0 Å². The first-order valence-corrected chi connectivity index (χ1v) is 7.93. The van der Waals surface area contributed by atoms with Crippen LogP contribution < -0.4 is 0 Å². The molecule has 2 aliphatic rings. The lowest BCUT2D eigenvalue weighted by molar-refractivity contribution is -0.152. The van der Waals surface area contributed by atoms with E-state index in [1.807, 2.05) is 6.07 Å². The van der Waals surface area contributed by atoms with Gasteiger partial charge in [0.25, 0.3) is 0 Å². The minimum atomic E-state index is -0.325. The molecule has 116 valence electrons. The average molecular weight is 300 g/mol. The van der Waals surface area contributed by atoms with Gasteiger partial charge in [0.2, 0.25) is 0 Å². The zero-order valence-corrected chi connectivity index (χ0v) is 12.5. The maximum atomic E-state index is 12.2. The summed E-state index contributed by atoms with van der Waals surface area (Å²) in [6.07, 6.45) is 4.04. The topological polar surface area (TPSA) is 60.4 Å². The highest BCUT2D eigenvalue weighted by Gasteiger charge is 2.41. The van der Waals surface area contributed by atoms with Crippen molar-refractivity contribution in [1.29, 1.82) is 0 Å². The molecule has 2 saturated carbocycles. The Kier molecular flexibility index (Phi) is 4.36. The van der Waals surface area contributed by atoms with E-state index < -0.39 is 0 Å². The number of hydrogen-bond acceptors (Lipinski definition) is 4. The van der Waals surface area contributed by atoms with Crippen LogP contribution >= 0.6 is 0 Å². The highest BCUT2D eigenvalue weighted by Crippen LogP contribution is 2.40. The number of ether oxygens (including phenoxy) is 1. The van der Waals surface area contributed by atoms with Crippen molar-refractivity contribution < 1.29 is 19.1 Å². The first-order valence-electron chi connectivity index (χ1n) is 7.93. The lowest BCUT2D eigenvalue weighted by Gasteiger charge is -2.36.